The monoisotopic (exact) mass is 271 g/mol. The third-order valence-corrected chi connectivity index (χ3v) is 3.45. The summed E-state index contributed by atoms with van der Waals surface area (Å²) in [6, 6.07) is 1.93. The number of aliphatic hydroxyl groups excluding tert-OH is 1. The fourth-order valence-electron chi connectivity index (χ4n) is 1.29. The number of hydrogen-bond donors (Lipinski definition) is 2. The molecule has 1 heterocycles. The van der Waals surface area contributed by atoms with Gasteiger partial charge in [0.05, 0.1) is 0 Å². The van der Waals surface area contributed by atoms with E-state index in [2.05, 4.69) is 15.3 Å². The molecule has 6 heteroatoms. The summed E-state index contributed by atoms with van der Waals surface area (Å²) >= 11 is 1.63. The molecule has 0 amide bonds. The molecule has 1 unspecified atom stereocenters. The maximum absolute atomic E-state index is 9.01. The van der Waals surface area contributed by atoms with E-state index in [1.165, 1.54) is 0 Å². The number of nitrogens with zero attached hydrogens (tertiary/aromatic N) is 2. The molecule has 0 aliphatic rings. The lowest BCUT2D eigenvalue weighted by atomic mass is 10.2. The Labute approximate surface area is 112 Å². The number of hydrogen-bond acceptors (Lipinski definition) is 6. The van der Waals surface area contributed by atoms with Gasteiger partial charge in [-0.3, -0.25) is 0 Å². The van der Waals surface area contributed by atoms with Crippen molar-refractivity contribution < 1.29 is 9.84 Å². The number of anilines is 1. The van der Waals surface area contributed by atoms with Crippen LogP contribution in [0.15, 0.2) is 11.1 Å². The van der Waals surface area contributed by atoms with Crippen molar-refractivity contribution in [1.82, 2.24) is 9.97 Å². The maximum atomic E-state index is 9.01. The highest BCUT2D eigenvalue weighted by atomic mass is 32.2. The minimum absolute atomic E-state index is 0.197. The SMILES string of the molecule is CCNc1cc(SCC(C)CO)nc(COC)n1. The van der Waals surface area contributed by atoms with Gasteiger partial charge in [0.2, 0.25) is 0 Å². The summed E-state index contributed by atoms with van der Waals surface area (Å²) < 4.78 is 5.06. The summed E-state index contributed by atoms with van der Waals surface area (Å²) in [6.45, 7) is 5.46. The number of thioether (sulfide) groups is 1. The Morgan fingerprint density at radius 3 is 2.89 bits per heavy atom. The van der Waals surface area contributed by atoms with Gasteiger partial charge in [0.25, 0.3) is 0 Å². The minimum atomic E-state index is 0.197. The van der Waals surface area contributed by atoms with E-state index in [1.54, 1.807) is 18.9 Å². The van der Waals surface area contributed by atoms with Crippen LogP contribution in [0.2, 0.25) is 0 Å². The molecule has 0 aromatic carbocycles. The Bertz CT molecular complexity index is 339. The molecule has 1 rings (SSSR count). The van der Waals surface area contributed by atoms with Gasteiger partial charge in [-0.2, -0.15) is 0 Å². The first-order valence-electron chi connectivity index (χ1n) is 6.04. The van der Waals surface area contributed by atoms with Gasteiger partial charge in [-0.05, 0) is 12.8 Å². The molecule has 0 saturated heterocycles. The van der Waals surface area contributed by atoms with Crippen LogP contribution in [0.3, 0.4) is 0 Å². The van der Waals surface area contributed by atoms with Gasteiger partial charge in [-0.15, -0.1) is 11.8 Å². The van der Waals surface area contributed by atoms with Crippen LogP contribution < -0.4 is 5.32 Å². The maximum Gasteiger partial charge on any atom is 0.157 e. The fraction of sp³-hybridized carbons (Fsp3) is 0.667. The summed E-state index contributed by atoms with van der Waals surface area (Å²) in [5.41, 5.74) is 0. The summed E-state index contributed by atoms with van der Waals surface area (Å²) in [5, 5.41) is 13.1. The molecule has 102 valence electrons. The predicted molar refractivity (Wildman–Crippen MR) is 73.9 cm³/mol. The van der Waals surface area contributed by atoms with Crippen molar-refractivity contribution >= 4 is 17.6 Å². The van der Waals surface area contributed by atoms with Crippen LogP contribution in [-0.4, -0.2) is 41.1 Å². The van der Waals surface area contributed by atoms with E-state index in [9.17, 15) is 0 Å². The molecule has 0 aliphatic heterocycles. The van der Waals surface area contributed by atoms with Gasteiger partial charge in [-0.25, -0.2) is 9.97 Å². The number of ether oxygens (including phenoxy) is 1. The van der Waals surface area contributed by atoms with Crippen LogP contribution in [0.5, 0.6) is 0 Å². The van der Waals surface area contributed by atoms with E-state index in [0.717, 1.165) is 23.1 Å². The van der Waals surface area contributed by atoms with Gasteiger partial charge in [0.1, 0.15) is 17.5 Å². The molecule has 0 fully saturated rings. The Morgan fingerprint density at radius 2 is 2.28 bits per heavy atom. The Balaban J connectivity index is 2.75. The van der Waals surface area contributed by atoms with Gasteiger partial charge in [0.15, 0.2) is 5.82 Å². The second-order valence-electron chi connectivity index (χ2n) is 4.07. The Hall–Kier alpha value is -0.850. The molecular formula is C12H21N3O2S. The number of aliphatic hydroxyl groups is 1. The number of methoxy groups -OCH3 is 1. The van der Waals surface area contributed by atoms with Crippen LogP contribution in [0.25, 0.3) is 0 Å². The second-order valence-corrected chi connectivity index (χ2v) is 5.11. The zero-order chi connectivity index (χ0) is 13.4. The Morgan fingerprint density at radius 1 is 1.50 bits per heavy atom. The van der Waals surface area contributed by atoms with Crippen molar-refractivity contribution in [3.8, 4) is 0 Å². The van der Waals surface area contributed by atoms with Crippen LogP contribution in [0.4, 0.5) is 5.82 Å². The van der Waals surface area contributed by atoms with Crippen molar-refractivity contribution in [2.75, 3.05) is 31.3 Å². The average Bonchev–Trinajstić information content (AvgIpc) is 2.36. The molecular weight excluding hydrogens is 250 g/mol. The molecule has 5 nitrogen and oxygen atoms in total. The molecule has 18 heavy (non-hydrogen) atoms. The smallest absolute Gasteiger partial charge is 0.157 e. The lowest BCUT2D eigenvalue weighted by molar-refractivity contribution is 0.177. The number of nitrogens with one attached hydrogen (secondary N) is 1. The van der Waals surface area contributed by atoms with Crippen LogP contribution in [-0.2, 0) is 11.3 Å². The molecule has 0 bridgehead atoms. The third-order valence-electron chi connectivity index (χ3n) is 2.21. The average molecular weight is 271 g/mol. The zero-order valence-corrected chi connectivity index (χ0v) is 12.0. The van der Waals surface area contributed by atoms with Crippen molar-refractivity contribution in [3.05, 3.63) is 11.9 Å². The second kappa shape index (κ2) is 8.29. The van der Waals surface area contributed by atoms with Gasteiger partial charge in [0, 0.05) is 32.1 Å². The Kier molecular flexibility index (Phi) is 7.00. The van der Waals surface area contributed by atoms with Crippen LogP contribution in [0.1, 0.15) is 19.7 Å². The first-order valence-corrected chi connectivity index (χ1v) is 7.02. The highest BCUT2D eigenvalue weighted by molar-refractivity contribution is 7.99. The van der Waals surface area contributed by atoms with Crippen molar-refractivity contribution in [2.24, 2.45) is 5.92 Å². The normalized spacial score (nSPS) is 12.4. The molecule has 1 aromatic rings. The zero-order valence-electron chi connectivity index (χ0n) is 11.1. The molecule has 1 aromatic heterocycles. The van der Waals surface area contributed by atoms with Crippen LogP contribution >= 0.6 is 11.8 Å². The molecule has 1 atom stereocenters. The first kappa shape index (κ1) is 15.2. The van der Waals surface area contributed by atoms with E-state index in [1.807, 2.05) is 19.9 Å². The molecule has 2 N–H and O–H groups in total. The number of aromatic nitrogens is 2. The topological polar surface area (TPSA) is 67.3 Å². The van der Waals surface area contributed by atoms with Gasteiger partial charge >= 0.3 is 0 Å². The lowest BCUT2D eigenvalue weighted by Gasteiger charge is -2.10. The van der Waals surface area contributed by atoms with E-state index in [0.29, 0.717) is 12.4 Å². The minimum Gasteiger partial charge on any atom is -0.396 e. The summed E-state index contributed by atoms with van der Waals surface area (Å²) in [5.74, 6) is 2.60. The summed E-state index contributed by atoms with van der Waals surface area (Å²) in [4.78, 5) is 8.77. The molecule has 0 radical (unpaired) electrons. The highest BCUT2D eigenvalue weighted by Crippen LogP contribution is 2.21. The van der Waals surface area contributed by atoms with E-state index >= 15 is 0 Å². The fourth-order valence-corrected chi connectivity index (χ4v) is 2.22. The van der Waals surface area contributed by atoms with Crippen LogP contribution in [0, 0.1) is 5.92 Å². The van der Waals surface area contributed by atoms with E-state index in [4.69, 9.17) is 9.84 Å². The third kappa shape index (κ3) is 5.20. The predicted octanol–water partition coefficient (Wildman–Crippen LogP) is 1.78. The van der Waals surface area contributed by atoms with Crippen molar-refractivity contribution in [2.45, 2.75) is 25.5 Å². The first-order chi connectivity index (χ1) is 8.69. The van der Waals surface area contributed by atoms with E-state index < -0.39 is 0 Å². The van der Waals surface area contributed by atoms with Crippen molar-refractivity contribution in [3.63, 3.8) is 0 Å². The highest BCUT2D eigenvalue weighted by Gasteiger charge is 2.07. The largest absolute Gasteiger partial charge is 0.396 e. The lowest BCUT2D eigenvalue weighted by Crippen LogP contribution is -2.07. The van der Waals surface area contributed by atoms with Gasteiger partial charge < -0.3 is 15.2 Å². The standard InChI is InChI=1S/C12H21N3O2S/c1-4-13-10-5-12(18-8-9(2)6-16)15-11(14-10)7-17-3/h5,9,16H,4,6-8H2,1-3H3,(H,13,14,15). The molecule has 0 spiro atoms. The number of rotatable bonds is 8. The quantitative estimate of drug-likeness (QED) is 0.555. The molecule has 0 saturated carbocycles. The summed E-state index contributed by atoms with van der Waals surface area (Å²) in [6.07, 6.45) is 0. The molecule has 0 aliphatic carbocycles. The van der Waals surface area contributed by atoms with Gasteiger partial charge in [-0.1, -0.05) is 6.92 Å². The van der Waals surface area contributed by atoms with E-state index in [-0.39, 0.29) is 12.5 Å². The van der Waals surface area contributed by atoms with Crippen molar-refractivity contribution in [1.29, 1.82) is 0 Å². The summed E-state index contributed by atoms with van der Waals surface area (Å²) in [7, 11) is 1.63.